The Hall–Kier alpha value is -3.08. The van der Waals surface area contributed by atoms with Crippen LogP contribution in [0.3, 0.4) is 0 Å². The highest BCUT2D eigenvalue weighted by atomic mass is 16.5. The molecule has 1 amide bonds. The van der Waals surface area contributed by atoms with Crippen LogP contribution in [0, 0.1) is 0 Å². The summed E-state index contributed by atoms with van der Waals surface area (Å²) in [6, 6.07) is 15.0. The van der Waals surface area contributed by atoms with Gasteiger partial charge in [-0.15, -0.1) is 13.2 Å². The molecule has 0 saturated carbocycles. The third-order valence-electron chi connectivity index (χ3n) is 3.40. The molecule has 0 aromatic heterocycles. The number of methoxy groups -OCH3 is 1. The number of esters is 1. The Morgan fingerprint density at radius 1 is 1.04 bits per heavy atom. The zero-order chi connectivity index (χ0) is 18.7. The number of ether oxygens (including phenoxy) is 1. The predicted molar refractivity (Wildman–Crippen MR) is 97.2 cm³/mol. The quantitative estimate of drug-likeness (QED) is 0.626. The van der Waals surface area contributed by atoms with E-state index in [1.165, 1.54) is 19.2 Å². The van der Waals surface area contributed by atoms with Crippen LogP contribution in [0.15, 0.2) is 67.8 Å². The Morgan fingerprint density at radius 2 is 1.64 bits per heavy atom. The molecule has 0 unspecified atom stereocenters. The zero-order valence-corrected chi connectivity index (χ0v) is 14.3. The van der Waals surface area contributed by atoms with Crippen LogP contribution in [0.1, 0.15) is 11.1 Å². The van der Waals surface area contributed by atoms with Crippen molar-refractivity contribution in [3.8, 4) is 5.75 Å². The predicted octanol–water partition coefficient (Wildman–Crippen LogP) is 2.64. The molecule has 2 N–H and O–H groups in total. The Labute approximate surface area is 148 Å². The molecule has 0 fully saturated rings. The number of nitrogens with one attached hydrogen (secondary N) is 1. The first-order valence-electron chi connectivity index (χ1n) is 7.77. The summed E-state index contributed by atoms with van der Waals surface area (Å²) >= 11 is 0. The van der Waals surface area contributed by atoms with E-state index >= 15 is 0 Å². The molecule has 0 radical (unpaired) electrons. The lowest BCUT2D eigenvalue weighted by atomic mass is 10.0. The SMILES string of the molecule is C=C.COC(=O)[C@H](Cc1ccc(O)cc1)NC(=O)Cc1ccccc1. The van der Waals surface area contributed by atoms with Crippen molar-refractivity contribution in [2.75, 3.05) is 7.11 Å². The number of benzene rings is 2. The van der Waals surface area contributed by atoms with Gasteiger partial charge in [0.2, 0.25) is 5.91 Å². The zero-order valence-electron chi connectivity index (χ0n) is 14.3. The molecule has 2 rings (SSSR count). The summed E-state index contributed by atoms with van der Waals surface area (Å²) in [6.45, 7) is 6.00. The minimum absolute atomic E-state index is 0.150. The van der Waals surface area contributed by atoms with Gasteiger partial charge in [0.05, 0.1) is 13.5 Å². The first kappa shape index (κ1) is 20.0. The Morgan fingerprint density at radius 3 is 2.20 bits per heavy atom. The van der Waals surface area contributed by atoms with Gasteiger partial charge in [0.15, 0.2) is 0 Å². The molecular weight excluding hydrogens is 318 g/mol. The fraction of sp³-hybridized carbons (Fsp3) is 0.200. The van der Waals surface area contributed by atoms with E-state index < -0.39 is 12.0 Å². The van der Waals surface area contributed by atoms with Crippen molar-refractivity contribution < 1.29 is 19.4 Å². The van der Waals surface area contributed by atoms with Gasteiger partial charge < -0.3 is 15.2 Å². The van der Waals surface area contributed by atoms with E-state index in [9.17, 15) is 14.7 Å². The van der Waals surface area contributed by atoms with Crippen molar-refractivity contribution in [3.05, 3.63) is 78.9 Å². The van der Waals surface area contributed by atoms with Crippen molar-refractivity contribution in [1.29, 1.82) is 0 Å². The molecule has 0 bridgehead atoms. The molecule has 0 heterocycles. The van der Waals surface area contributed by atoms with E-state index in [0.29, 0.717) is 6.42 Å². The van der Waals surface area contributed by atoms with Gasteiger partial charge in [-0.2, -0.15) is 0 Å². The number of carbonyl (C=O) groups excluding carboxylic acids is 2. The maximum Gasteiger partial charge on any atom is 0.328 e. The molecule has 0 spiro atoms. The second kappa shape index (κ2) is 10.6. The Balaban J connectivity index is 0.00000151. The molecule has 0 aliphatic carbocycles. The minimum Gasteiger partial charge on any atom is -0.508 e. The third kappa shape index (κ3) is 6.91. The number of aromatic hydroxyl groups is 1. The fourth-order valence-electron chi connectivity index (χ4n) is 2.23. The number of amides is 1. The smallest absolute Gasteiger partial charge is 0.328 e. The van der Waals surface area contributed by atoms with Crippen molar-refractivity contribution in [2.24, 2.45) is 0 Å². The van der Waals surface area contributed by atoms with Gasteiger partial charge in [-0.05, 0) is 23.3 Å². The van der Waals surface area contributed by atoms with Gasteiger partial charge in [0.25, 0.3) is 0 Å². The number of rotatable bonds is 6. The lowest BCUT2D eigenvalue weighted by molar-refractivity contribution is -0.145. The molecular formula is C20H23NO4. The van der Waals surface area contributed by atoms with E-state index in [2.05, 4.69) is 18.5 Å². The van der Waals surface area contributed by atoms with Crippen LogP contribution in [-0.4, -0.2) is 30.1 Å². The van der Waals surface area contributed by atoms with E-state index in [1.807, 2.05) is 30.3 Å². The van der Waals surface area contributed by atoms with E-state index in [1.54, 1.807) is 12.1 Å². The van der Waals surface area contributed by atoms with Gasteiger partial charge in [-0.1, -0.05) is 42.5 Å². The van der Waals surface area contributed by atoms with Crippen LogP contribution in [0.25, 0.3) is 0 Å². The van der Waals surface area contributed by atoms with Crippen LogP contribution in [0.4, 0.5) is 0 Å². The van der Waals surface area contributed by atoms with Crippen molar-refractivity contribution in [3.63, 3.8) is 0 Å². The molecule has 5 nitrogen and oxygen atoms in total. The second-order valence-corrected chi connectivity index (χ2v) is 5.18. The van der Waals surface area contributed by atoms with Crippen LogP contribution >= 0.6 is 0 Å². The first-order valence-corrected chi connectivity index (χ1v) is 7.77. The highest BCUT2D eigenvalue weighted by Gasteiger charge is 2.22. The minimum atomic E-state index is -0.763. The van der Waals surface area contributed by atoms with E-state index in [4.69, 9.17) is 4.74 Å². The van der Waals surface area contributed by atoms with E-state index in [-0.39, 0.29) is 18.1 Å². The monoisotopic (exact) mass is 341 g/mol. The largest absolute Gasteiger partial charge is 0.508 e. The van der Waals surface area contributed by atoms with Gasteiger partial charge in [-0.3, -0.25) is 4.79 Å². The summed E-state index contributed by atoms with van der Waals surface area (Å²) in [6.07, 6.45) is 0.497. The molecule has 0 aliphatic rings. The van der Waals surface area contributed by atoms with Crippen LogP contribution in [0.5, 0.6) is 5.75 Å². The van der Waals surface area contributed by atoms with Gasteiger partial charge in [0.1, 0.15) is 11.8 Å². The van der Waals surface area contributed by atoms with Gasteiger partial charge in [-0.25, -0.2) is 4.79 Å². The molecule has 25 heavy (non-hydrogen) atoms. The third-order valence-corrected chi connectivity index (χ3v) is 3.40. The summed E-state index contributed by atoms with van der Waals surface area (Å²) in [5.74, 6) is -0.596. The standard InChI is InChI=1S/C18H19NO4.C2H4/c1-23-18(22)16(11-14-7-9-15(20)10-8-14)19-17(21)12-13-5-3-2-4-6-13;1-2/h2-10,16,20H,11-12H2,1H3,(H,19,21);1-2H2/t16-;/m0./s1. The van der Waals surface area contributed by atoms with Gasteiger partial charge in [0, 0.05) is 6.42 Å². The van der Waals surface area contributed by atoms with Gasteiger partial charge >= 0.3 is 5.97 Å². The Bertz CT molecular complexity index is 668. The molecule has 5 heteroatoms. The summed E-state index contributed by atoms with van der Waals surface area (Å²) in [4.78, 5) is 24.0. The van der Waals surface area contributed by atoms with Crippen molar-refractivity contribution in [1.82, 2.24) is 5.32 Å². The summed E-state index contributed by atoms with van der Waals surface area (Å²) in [5, 5.41) is 12.0. The molecule has 0 aliphatic heterocycles. The molecule has 132 valence electrons. The topological polar surface area (TPSA) is 75.6 Å². The summed E-state index contributed by atoms with van der Waals surface area (Å²) in [5.41, 5.74) is 1.69. The maximum atomic E-state index is 12.1. The summed E-state index contributed by atoms with van der Waals surface area (Å²) < 4.78 is 4.76. The number of hydrogen-bond donors (Lipinski definition) is 2. The van der Waals surface area contributed by atoms with Crippen molar-refractivity contribution >= 4 is 11.9 Å². The second-order valence-electron chi connectivity index (χ2n) is 5.18. The van der Waals surface area contributed by atoms with E-state index in [0.717, 1.165) is 11.1 Å². The number of phenols is 1. The fourth-order valence-corrected chi connectivity index (χ4v) is 2.23. The number of phenolic OH excluding ortho intramolecular Hbond substituents is 1. The highest BCUT2D eigenvalue weighted by molar-refractivity contribution is 5.85. The summed E-state index contributed by atoms with van der Waals surface area (Å²) in [7, 11) is 1.29. The lowest BCUT2D eigenvalue weighted by Crippen LogP contribution is -2.43. The van der Waals surface area contributed by atoms with Crippen LogP contribution in [0.2, 0.25) is 0 Å². The molecule has 1 atom stereocenters. The van der Waals surface area contributed by atoms with Crippen LogP contribution in [-0.2, 0) is 27.2 Å². The average molecular weight is 341 g/mol. The highest BCUT2D eigenvalue weighted by Crippen LogP contribution is 2.12. The number of hydrogen-bond acceptors (Lipinski definition) is 4. The van der Waals surface area contributed by atoms with Crippen LogP contribution < -0.4 is 5.32 Å². The Kier molecular flexibility index (Phi) is 8.50. The van der Waals surface area contributed by atoms with Crippen molar-refractivity contribution in [2.45, 2.75) is 18.9 Å². The maximum absolute atomic E-state index is 12.1. The number of carbonyl (C=O) groups is 2. The average Bonchev–Trinajstić information content (AvgIpc) is 2.64. The molecule has 2 aromatic rings. The lowest BCUT2D eigenvalue weighted by Gasteiger charge is -2.16. The molecule has 0 saturated heterocycles. The first-order chi connectivity index (χ1) is 12.1. The molecule has 2 aromatic carbocycles. The normalized spacial score (nSPS) is 10.8.